The molecule has 0 bridgehead atoms. The summed E-state index contributed by atoms with van der Waals surface area (Å²) in [6, 6.07) is 19.2. The van der Waals surface area contributed by atoms with E-state index in [0.717, 1.165) is 24.1 Å². The van der Waals surface area contributed by atoms with E-state index in [9.17, 15) is 9.59 Å². The number of amides is 2. The molecule has 2 aromatic rings. The number of anilines is 1. The lowest BCUT2D eigenvalue weighted by atomic mass is 9.96. The van der Waals surface area contributed by atoms with Gasteiger partial charge in [0.1, 0.15) is 6.61 Å². The molecular formula is C21H24N2O3. The van der Waals surface area contributed by atoms with Gasteiger partial charge in [0.2, 0.25) is 5.91 Å². The average Bonchev–Trinajstić information content (AvgIpc) is 2.72. The minimum atomic E-state index is -0.353. The molecule has 0 spiro atoms. The summed E-state index contributed by atoms with van der Waals surface area (Å²) < 4.78 is 5.40. The maximum Gasteiger partial charge on any atom is 0.410 e. The molecule has 1 heterocycles. The van der Waals surface area contributed by atoms with Crippen molar-refractivity contribution in [2.45, 2.75) is 19.4 Å². The Bertz CT molecular complexity index is 733. The summed E-state index contributed by atoms with van der Waals surface area (Å²) in [7, 11) is 1.78. The van der Waals surface area contributed by atoms with Crippen molar-refractivity contribution in [3.8, 4) is 0 Å². The Morgan fingerprint density at radius 3 is 2.42 bits per heavy atom. The normalized spacial score (nSPS) is 16.8. The molecule has 2 amide bonds. The fourth-order valence-corrected chi connectivity index (χ4v) is 3.21. The smallest absolute Gasteiger partial charge is 0.410 e. The van der Waals surface area contributed by atoms with Crippen LogP contribution in [-0.2, 0) is 16.1 Å². The highest BCUT2D eigenvalue weighted by atomic mass is 16.6. The molecule has 26 heavy (non-hydrogen) atoms. The lowest BCUT2D eigenvalue weighted by Gasteiger charge is -2.33. The first-order chi connectivity index (χ1) is 12.6. The van der Waals surface area contributed by atoms with Crippen LogP contribution in [0.3, 0.4) is 0 Å². The highest BCUT2D eigenvalue weighted by Gasteiger charge is 2.31. The number of carbonyl (C=O) groups excluding carboxylic acids is 2. The molecule has 136 valence electrons. The number of ether oxygens (including phenoxy) is 1. The Morgan fingerprint density at radius 2 is 1.73 bits per heavy atom. The van der Waals surface area contributed by atoms with Crippen molar-refractivity contribution >= 4 is 17.7 Å². The van der Waals surface area contributed by atoms with Crippen LogP contribution in [0.2, 0.25) is 0 Å². The van der Waals surface area contributed by atoms with Gasteiger partial charge in [-0.25, -0.2) is 4.79 Å². The third-order valence-electron chi connectivity index (χ3n) is 4.71. The molecule has 1 aliphatic heterocycles. The summed E-state index contributed by atoms with van der Waals surface area (Å²) in [6.07, 6.45) is 1.24. The Balaban J connectivity index is 1.56. The topological polar surface area (TPSA) is 49.9 Å². The largest absolute Gasteiger partial charge is 0.445 e. The Kier molecular flexibility index (Phi) is 5.89. The minimum absolute atomic E-state index is 0.0387. The van der Waals surface area contributed by atoms with Gasteiger partial charge in [0.05, 0.1) is 5.92 Å². The second-order valence-corrected chi connectivity index (χ2v) is 6.56. The molecule has 5 nitrogen and oxygen atoms in total. The fraction of sp³-hybridized carbons (Fsp3) is 0.333. The summed E-state index contributed by atoms with van der Waals surface area (Å²) >= 11 is 0. The van der Waals surface area contributed by atoms with E-state index in [1.807, 2.05) is 60.7 Å². The molecule has 0 aromatic heterocycles. The molecule has 3 rings (SSSR count). The van der Waals surface area contributed by atoms with Gasteiger partial charge in [0.25, 0.3) is 0 Å². The van der Waals surface area contributed by atoms with E-state index in [1.165, 1.54) is 0 Å². The molecule has 0 saturated carbocycles. The van der Waals surface area contributed by atoms with Crippen LogP contribution in [0.5, 0.6) is 0 Å². The highest BCUT2D eigenvalue weighted by Crippen LogP contribution is 2.22. The number of rotatable bonds is 4. The number of nitrogens with zero attached hydrogens (tertiary/aromatic N) is 2. The first-order valence-corrected chi connectivity index (χ1v) is 8.93. The average molecular weight is 352 g/mol. The summed E-state index contributed by atoms with van der Waals surface area (Å²) in [5, 5.41) is 0. The zero-order valence-corrected chi connectivity index (χ0v) is 15.0. The summed E-state index contributed by atoms with van der Waals surface area (Å²) in [6.45, 7) is 1.29. The molecule has 0 radical (unpaired) electrons. The van der Waals surface area contributed by atoms with Crippen LogP contribution in [0, 0.1) is 5.92 Å². The van der Waals surface area contributed by atoms with E-state index < -0.39 is 0 Å². The first-order valence-electron chi connectivity index (χ1n) is 8.93. The molecule has 1 fully saturated rings. The Labute approximate surface area is 154 Å². The highest BCUT2D eigenvalue weighted by molar-refractivity contribution is 5.94. The van der Waals surface area contributed by atoms with Crippen molar-refractivity contribution in [1.82, 2.24) is 4.90 Å². The van der Waals surface area contributed by atoms with Crippen LogP contribution in [0.25, 0.3) is 0 Å². The number of hydrogen-bond donors (Lipinski definition) is 0. The molecule has 2 aromatic carbocycles. The van der Waals surface area contributed by atoms with Crippen molar-refractivity contribution in [2.24, 2.45) is 5.92 Å². The number of para-hydroxylation sites is 1. The van der Waals surface area contributed by atoms with E-state index in [0.29, 0.717) is 13.1 Å². The Morgan fingerprint density at radius 1 is 1.08 bits per heavy atom. The number of likely N-dealkylation sites (tertiary alicyclic amines) is 1. The fourth-order valence-electron chi connectivity index (χ4n) is 3.21. The second kappa shape index (κ2) is 8.52. The standard InChI is InChI=1S/C21H24N2O3/c1-22(19-12-6-3-7-13-19)20(24)18-11-8-14-23(15-18)21(25)26-16-17-9-4-2-5-10-17/h2-7,9-10,12-13,18H,8,11,14-16H2,1H3. The van der Waals surface area contributed by atoms with E-state index in [4.69, 9.17) is 4.74 Å². The van der Waals surface area contributed by atoms with Crippen LogP contribution in [0.15, 0.2) is 60.7 Å². The number of carbonyl (C=O) groups is 2. The lowest BCUT2D eigenvalue weighted by Crippen LogP contribution is -2.46. The maximum absolute atomic E-state index is 12.8. The van der Waals surface area contributed by atoms with Gasteiger partial charge < -0.3 is 14.5 Å². The van der Waals surface area contributed by atoms with Gasteiger partial charge in [0, 0.05) is 25.8 Å². The van der Waals surface area contributed by atoms with Crippen LogP contribution < -0.4 is 4.90 Å². The molecule has 1 atom stereocenters. The van der Waals surface area contributed by atoms with Crippen molar-refractivity contribution < 1.29 is 14.3 Å². The van der Waals surface area contributed by atoms with Crippen molar-refractivity contribution in [3.63, 3.8) is 0 Å². The third-order valence-corrected chi connectivity index (χ3v) is 4.71. The molecule has 5 heteroatoms. The quantitative estimate of drug-likeness (QED) is 0.843. The molecule has 1 saturated heterocycles. The van der Waals surface area contributed by atoms with E-state index in [-0.39, 0.29) is 24.5 Å². The van der Waals surface area contributed by atoms with Gasteiger partial charge in [-0.3, -0.25) is 4.79 Å². The minimum Gasteiger partial charge on any atom is -0.445 e. The molecule has 0 N–H and O–H groups in total. The molecular weight excluding hydrogens is 328 g/mol. The number of hydrogen-bond acceptors (Lipinski definition) is 3. The van der Waals surface area contributed by atoms with Gasteiger partial charge in [-0.2, -0.15) is 0 Å². The zero-order chi connectivity index (χ0) is 18.4. The van der Waals surface area contributed by atoms with Gasteiger partial charge >= 0.3 is 6.09 Å². The van der Waals surface area contributed by atoms with E-state index in [1.54, 1.807) is 16.8 Å². The number of benzene rings is 2. The first kappa shape index (κ1) is 18.0. The zero-order valence-electron chi connectivity index (χ0n) is 15.0. The van der Waals surface area contributed by atoms with Crippen LogP contribution in [-0.4, -0.2) is 37.0 Å². The summed E-state index contributed by atoms with van der Waals surface area (Å²) in [5.41, 5.74) is 1.82. The predicted molar refractivity (Wildman–Crippen MR) is 101 cm³/mol. The molecule has 1 unspecified atom stereocenters. The molecule has 0 aliphatic carbocycles. The molecule has 1 aliphatic rings. The van der Waals surface area contributed by atoms with Gasteiger partial charge in [-0.1, -0.05) is 48.5 Å². The SMILES string of the molecule is CN(C(=O)C1CCCN(C(=O)OCc2ccccc2)C1)c1ccccc1. The second-order valence-electron chi connectivity index (χ2n) is 6.56. The van der Waals surface area contributed by atoms with Gasteiger partial charge in [-0.15, -0.1) is 0 Å². The van der Waals surface area contributed by atoms with Crippen LogP contribution in [0.1, 0.15) is 18.4 Å². The van der Waals surface area contributed by atoms with Crippen molar-refractivity contribution in [3.05, 3.63) is 66.2 Å². The van der Waals surface area contributed by atoms with Crippen molar-refractivity contribution in [1.29, 1.82) is 0 Å². The third kappa shape index (κ3) is 4.42. The maximum atomic E-state index is 12.8. The van der Waals surface area contributed by atoms with E-state index >= 15 is 0 Å². The Hall–Kier alpha value is -2.82. The van der Waals surface area contributed by atoms with Crippen molar-refractivity contribution in [2.75, 3.05) is 25.0 Å². The van der Waals surface area contributed by atoms with E-state index in [2.05, 4.69) is 0 Å². The summed E-state index contributed by atoms with van der Waals surface area (Å²) in [4.78, 5) is 28.5. The van der Waals surface area contributed by atoms with Crippen LogP contribution >= 0.6 is 0 Å². The monoisotopic (exact) mass is 352 g/mol. The lowest BCUT2D eigenvalue weighted by molar-refractivity contribution is -0.123. The summed E-state index contributed by atoms with van der Waals surface area (Å²) in [5.74, 6) is -0.157. The number of piperidine rings is 1. The van der Waals surface area contributed by atoms with Crippen LogP contribution in [0.4, 0.5) is 10.5 Å². The predicted octanol–water partition coefficient (Wildman–Crippen LogP) is 3.70. The van der Waals surface area contributed by atoms with Gasteiger partial charge in [0.15, 0.2) is 0 Å². The van der Waals surface area contributed by atoms with Gasteiger partial charge in [-0.05, 0) is 30.5 Å².